The van der Waals surface area contributed by atoms with Crippen molar-refractivity contribution in [3.05, 3.63) is 133 Å². The van der Waals surface area contributed by atoms with Gasteiger partial charge in [0.2, 0.25) is 0 Å². The molecule has 5 aromatic rings. The third kappa shape index (κ3) is 6.55. The molecule has 3 heteroatoms. The molecule has 33 heavy (non-hydrogen) atoms. The minimum atomic E-state index is -2.10. The molecule has 0 N–H and O–H groups in total. The maximum atomic E-state index is 7.37. The van der Waals surface area contributed by atoms with Gasteiger partial charge in [0.15, 0.2) is 0 Å². The molecular formula is C30H24IrN2-2. The first-order chi connectivity index (χ1) is 16.9. The van der Waals surface area contributed by atoms with Crippen LogP contribution in [0.3, 0.4) is 0 Å². The van der Waals surface area contributed by atoms with Crippen molar-refractivity contribution in [1.29, 1.82) is 0 Å². The number of rotatable bonds is 3. The van der Waals surface area contributed by atoms with E-state index in [0.29, 0.717) is 5.56 Å². The van der Waals surface area contributed by atoms with Gasteiger partial charge >= 0.3 is 0 Å². The van der Waals surface area contributed by atoms with Crippen LogP contribution in [0.5, 0.6) is 0 Å². The van der Waals surface area contributed by atoms with E-state index in [9.17, 15) is 0 Å². The molecule has 0 fully saturated rings. The Morgan fingerprint density at radius 1 is 0.667 bits per heavy atom. The van der Waals surface area contributed by atoms with E-state index in [1.54, 1.807) is 19.2 Å². The fourth-order valence-electron chi connectivity index (χ4n) is 3.20. The number of hydrogen-bond donors (Lipinski definition) is 0. The summed E-state index contributed by atoms with van der Waals surface area (Å²) in [6.45, 7) is -0.314. The van der Waals surface area contributed by atoms with Crippen molar-refractivity contribution >= 4 is 0 Å². The zero-order valence-corrected chi connectivity index (χ0v) is 20.5. The van der Waals surface area contributed by atoms with Gasteiger partial charge in [-0.05, 0) is 42.4 Å². The molecule has 0 unspecified atom stereocenters. The standard InChI is InChI=1S/C17H12N.C13H12N.Ir/c1-2-7-14(8-3-1)15-9-6-10-16(13-15)17-11-4-5-12-18-17;1-10-8-13(14-9-11(10)2)12-6-4-3-5-7-12;/h1-9,11-13H;3-6,8-9H,1-2H3;/q2*-1;/i;2D3;. The molecule has 0 aliphatic rings. The summed E-state index contributed by atoms with van der Waals surface area (Å²) in [6.07, 6.45) is 3.23. The Bertz CT molecular complexity index is 1320. The summed E-state index contributed by atoms with van der Waals surface area (Å²) in [5.74, 6) is 0. The van der Waals surface area contributed by atoms with Gasteiger partial charge in [0.05, 0.1) is 0 Å². The number of benzene rings is 3. The Morgan fingerprint density at radius 3 is 2.15 bits per heavy atom. The van der Waals surface area contributed by atoms with Gasteiger partial charge in [0.25, 0.3) is 0 Å². The van der Waals surface area contributed by atoms with Gasteiger partial charge in [-0.2, -0.15) is 0 Å². The van der Waals surface area contributed by atoms with Crippen LogP contribution in [0.25, 0.3) is 33.6 Å². The molecule has 0 aliphatic heterocycles. The maximum Gasteiger partial charge on any atom is 0.0280 e. The molecular weight excluding hydrogens is 581 g/mol. The number of aryl methyl sites for hydroxylation is 2. The fourth-order valence-corrected chi connectivity index (χ4v) is 3.20. The molecule has 2 heterocycles. The predicted octanol–water partition coefficient (Wildman–Crippen LogP) is 7.38. The van der Waals surface area contributed by atoms with Crippen LogP contribution in [-0.2, 0) is 20.1 Å². The Morgan fingerprint density at radius 2 is 1.45 bits per heavy atom. The van der Waals surface area contributed by atoms with E-state index in [-0.39, 0.29) is 20.1 Å². The molecule has 0 spiro atoms. The van der Waals surface area contributed by atoms with Crippen LogP contribution in [0.15, 0.2) is 109 Å². The smallest absolute Gasteiger partial charge is 0.0280 e. The minimum Gasteiger partial charge on any atom is -0.305 e. The zero-order chi connectivity index (χ0) is 24.7. The van der Waals surface area contributed by atoms with E-state index in [4.69, 9.17) is 4.11 Å². The van der Waals surface area contributed by atoms with Crippen LogP contribution in [0.1, 0.15) is 15.2 Å². The quantitative estimate of drug-likeness (QED) is 0.200. The number of hydrogen-bond acceptors (Lipinski definition) is 2. The third-order valence-corrected chi connectivity index (χ3v) is 4.95. The maximum absolute atomic E-state index is 7.37. The third-order valence-electron chi connectivity index (χ3n) is 4.95. The fraction of sp³-hybridized carbons (Fsp3) is 0.0667. The molecule has 0 aliphatic carbocycles. The molecule has 165 valence electrons. The van der Waals surface area contributed by atoms with Crippen molar-refractivity contribution in [3.63, 3.8) is 0 Å². The number of aromatic nitrogens is 2. The minimum absolute atomic E-state index is 0. The van der Waals surface area contributed by atoms with E-state index >= 15 is 0 Å². The van der Waals surface area contributed by atoms with Crippen molar-refractivity contribution in [2.45, 2.75) is 13.8 Å². The van der Waals surface area contributed by atoms with Crippen molar-refractivity contribution in [2.24, 2.45) is 0 Å². The van der Waals surface area contributed by atoms with Gasteiger partial charge in [-0.15, -0.1) is 71.3 Å². The molecule has 0 bridgehead atoms. The second-order valence-electron chi connectivity index (χ2n) is 7.23. The van der Waals surface area contributed by atoms with Crippen LogP contribution in [0.4, 0.5) is 0 Å². The van der Waals surface area contributed by atoms with Gasteiger partial charge in [0, 0.05) is 36.6 Å². The van der Waals surface area contributed by atoms with Crippen molar-refractivity contribution in [1.82, 2.24) is 9.97 Å². The van der Waals surface area contributed by atoms with Crippen LogP contribution < -0.4 is 0 Å². The second-order valence-corrected chi connectivity index (χ2v) is 7.23. The van der Waals surface area contributed by atoms with E-state index in [2.05, 4.69) is 46.4 Å². The van der Waals surface area contributed by atoms with Crippen LogP contribution in [0, 0.1) is 25.9 Å². The van der Waals surface area contributed by atoms with Crippen molar-refractivity contribution < 1.29 is 24.2 Å². The number of nitrogens with zero attached hydrogens (tertiary/aromatic N) is 2. The monoisotopic (exact) mass is 608 g/mol. The van der Waals surface area contributed by atoms with Gasteiger partial charge in [-0.25, -0.2) is 0 Å². The summed E-state index contributed by atoms with van der Waals surface area (Å²) in [6, 6.07) is 38.0. The van der Waals surface area contributed by atoms with Gasteiger partial charge in [-0.1, -0.05) is 54.1 Å². The topological polar surface area (TPSA) is 25.8 Å². The molecule has 0 amide bonds. The zero-order valence-electron chi connectivity index (χ0n) is 21.1. The molecule has 2 aromatic heterocycles. The first-order valence-electron chi connectivity index (χ1n) is 11.8. The Kier molecular flexibility index (Phi) is 7.36. The Labute approximate surface area is 214 Å². The molecule has 1 radical (unpaired) electrons. The molecule has 0 saturated carbocycles. The largest absolute Gasteiger partial charge is 0.305 e. The summed E-state index contributed by atoms with van der Waals surface area (Å²) in [4.78, 5) is 8.54. The normalized spacial score (nSPS) is 11.6. The van der Waals surface area contributed by atoms with Gasteiger partial charge in [0.1, 0.15) is 0 Å². The van der Waals surface area contributed by atoms with E-state index in [1.165, 1.54) is 17.3 Å². The first kappa shape index (κ1) is 20.2. The predicted molar refractivity (Wildman–Crippen MR) is 132 cm³/mol. The molecule has 0 atom stereocenters. The number of pyridine rings is 2. The summed E-state index contributed by atoms with van der Waals surface area (Å²) in [7, 11) is 0. The van der Waals surface area contributed by atoms with Crippen molar-refractivity contribution in [3.8, 4) is 33.6 Å². The van der Waals surface area contributed by atoms with Crippen LogP contribution in [0.2, 0.25) is 0 Å². The summed E-state index contributed by atoms with van der Waals surface area (Å²) in [5, 5.41) is 0. The average molecular weight is 608 g/mol. The SMILES string of the molecule is [2H]C([2H])([2H])c1cnc(-c2[c-]cccc2)cc1C.[Ir].[c-]1ccc(-c2ccccc2)cc1-c1ccccn1. The molecule has 3 aromatic carbocycles. The Balaban J connectivity index is 0.000000196. The summed E-state index contributed by atoms with van der Waals surface area (Å²) < 4.78 is 22.1. The molecule has 0 saturated heterocycles. The van der Waals surface area contributed by atoms with Crippen molar-refractivity contribution in [2.75, 3.05) is 0 Å². The summed E-state index contributed by atoms with van der Waals surface area (Å²) >= 11 is 0. The molecule has 5 rings (SSSR count). The second kappa shape index (κ2) is 12.0. The van der Waals surface area contributed by atoms with E-state index < -0.39 is 6.85 Å². The first-order valence-corrected chi connectivity index (χ1v) is 10.3. The van der Waals surface area contributed by atoms with Crippen LogP contribution in [-0.4, -0.2) is 9.97 Å². The van der Waals surface area contributed by atoms with Gasteiger partial charge in [-0.3, -0.25) is 0 Å². The molecule has 2 nitrogen and oxygen atoms in total. The average Bonchev–Trinajstić information content (AvgIpc) is 2.90. The Hall–Kier alpha value is -3.39. The van der Waals surface area contributed by atoms with E-state index in [1.807, 2.05) is 66.7 Å². The summed E-state index contributed by atoms with van der Waals surface area (Å²) in [5.41, 5.74) is 7.03. The van der Waals surface area contributed by atoms with Gasteiger partial charge < -0.3 is 9.97 Å². The van der Waals surface area contributed by atoms with Crippen LogP contribution >= 0.6 is 0 Å². The van der Waals surface area contributed by atoms with E-state index in [0.717, 1.165) is 28.1 Å².